The number of H-pyrrole nitrogens is 1. The SMILES string of the molecule is CN(C)CCCN(C1CCCC1)S(=O)(=O)c1cccnc1-n1[nH]cc(Cc2ccccc2)c1=O.Cl. The van der Waals surface area contributed by atoms with Crippen molar-refractivity contribution in [3.8, 4) is 5.82 Å². The number of hydrogen-bond donors (Lipinski definition) is 1. The molecule has 0 atom stereocenters. The van der Waals surface area contributed by atoms with Gasteiger partial charge < -0.3 is 4.90 Å². The van der Waals surface area contributed by atoms with Crippen LogP contribution in [0.5, 0.6) is 0 Å². The third-order valence-electron chi connectivity index (χ3n) is 6.35. The number of benzene rings is 1. The molecule has 3 aromatic rings. The summed E-state index contributed by atoms with van der Waals surface area (Å²) in [4.78, 5) is 19.6. The van der Waals surface area contributed by atoms with Crippen LogP contribution in [0.3, 0.4) is 0 Å². The summed E-state index contributed by atoms with van der Waals surface area (Å²) in [5, 5.41) is 2.94. The molecule has 0 unspecified atom stereocenters. The second-order valence-corrected chi connectivity index (χ2v) is 11.0. The fourth-order valence-corrected chi connectivity index (χ4v) is 6.47. The summed E-state index contributed by atoms with van der Waals surface area (Å²) >= 11 is 0. The first-order valence-electron chi connectivity index (χ1n) is 11.8. The second-order valence-electron chi connectivity index (χ2n) is 9.14. The maximum Gasteiger partial charge on any atom is 0.276 e. The summed E-state index contributed by atoms with van der Waals surface area (Å²) in [7, 11) is 0.114. The molecular weight excluding hydrogens is 486 g/mol. The maximum atomic E-state index is 13.9. The molecule has 0 bridgehead atoms. The molecule has 190 valence electrons. The minimum absolute atomic E-state index is 0. The lowest BCUT2D eigenvalue weighted by Gasteiger charge is -2.29. The molecule has 1 aromatic carbocycles. The summed E-state index contributed by atoms with van der Waals surface area (Å²) < 4.78 is 30.8. The van der Waals surface area contributed by atoms with Gasteiger partial charge in [0.15, 0.2) is 5.82 Å². The first kappa shape index (κ1) is 27.1. The average molecular weight is 520 g/mol. The molecule has 10 heteroatoms. The van der Waals surface area contributed by atoms with Gasteiger partial charge in [0.1, 0.15) is 4.90 Å². The minimum atomic E-state index is -3.86. The molecule has 0 amide bonds. The lowest BCUT2D eigenvalue weighted by atomic mass is 10.1. The van der Waals surface area contributed by atoms with E-state index in [0.717, 1.165) is 44.2 Å². The average Bonchev–Trinajstić information content (AvgIpc) is 3.48. The molecule has 4 rings (SSSR count). The minimum Gasteiger partial charge on any atom is -0.309 e. The highest BCUT2D eigenvalue weighted by molar-refractivity contribution is 7.89. The van der Waals surface area contributed by atoms with Gasteiger partial charge in [-0.2, -0.15) is 4.31 Å². The lowest BCUT2D eigenvalue weighted by Crippen LogP contribution is -2.41. The standard InChI is InChI=1S/C25H33N5O3S.ClH/c1-28(2)16-9-17-29(22-12-6-7-13-22)34(32,33)23-14-8-15-26-24(23)30-25(31)21(19-27-30)18-20-10-4-3-5-11-20;/h3-5,8,10-11,14-15,19,22,27H,6-7,9,12-13,16-18H2,1-2H3;1H. The Bertz CT molecular complexity index is 1250. The molecule has 0 aliphatic heterocycles. The van der Waals surface area contributed by atoms with Gasteiger partial charge in [0.25, 0.3) is 5.56 Å². The number of nitrogens with zero attached hydrogens (tertiary/aromatic N) is 4. The second kappa shape index (κ2) is 12.0. The number of aromatic nitrogens is 3. The highest BCUT2D eigenvalue weighted by Gasteiger charge is 2.35. The highest BCUT2D eigenvalue weighted by Crippen LogP contribution is 2.30. The molecule has 1 fully saturated rings. The van der Waals surface area contributed by atoms with Gasteiger partial charge in [0.05, 0.1) is 0 Å². The van der Waals surface area contributed by atoms with Gasteiger partial charge in [-0.1, -0.05) is 43.2 Å². The lowest BCUT2D eigenvalue weighted by molar-refractivity contribution is 0.297. The van der Waals surface area contributed by atoms with E-state index in [0.29, 0.717) is 18.5 Å². The van der Waals surface area contributed by atoms with Crippen LogP contribution < -0.4 is 5.56 Å². The number of nitrogens with one attached hydrogen (secondary N) is 1. The van der Waals surface area contributed by atoms with Gasteiger partial charge in [-0.05, 0) is 57.6 Å². The van der Waals surface area contributed by atoms with E-state index in [4.69, 9.17) is 0 Å². The third-order valence-corrected chi connectivity index (χ3v) is 8.32. The van der Waals surface area contributed by atoms with Crippen LogP contribution in [0.25, 0.3) is 5.82 Å². The molecule has 1 N–H and O–H groups in total. The van der Waals surface area contributed by atoms with Crippen LogP contribution in [-0.2, 0) is 16.4 Å². The first-order chi connectivity index (χ1) is 16.4. The van der Waals surface area contributed by atoms with Crippen molar-refractivity contribution in [2.45, 2.75) is 49.5 Å². The zero-order valence-corrected chi connectivity index (χ0v) is 21.9. The van der Waals surface area contributed by atoms with Crippen LogP contribution >= 0.6 is 12.4 Å². The van der Waals surface area contributed by atoms with Gasteiger partial charge in [0, 0.05) is 37.0 Å². The van der Waals surface area contributed by atoms with Crippen LogP contribution in [-0.4, -0.2) is 65.6 Å². The molecule has 2 heterocycles. The van der Waals surface area contributed by atoms with Crippen molar-refractivity contribution in [2.75, 3.05) is 27.2 Å². The smallest absolute Gasteiger partial charge is 0.276 e. The van der Waals surface area contributed by atoms with E-state index in [9.17, 15) is 13.2 Å². The van der Waals surface area contributed by atoms with Crippen molar-refractivity contribution < 1.29 is 8.42 Å². The van der Waals surface area contributed by atoms with Gasteiger partial charge in [-0.25, -0.2) is 18.1 Å². The van der Waals surface area contributed by atoms with Crippen LogP contribution in [0.2, 0.25) is 0 Å². The Labute approximate surface area is 213 Å². The molecule has 2 aromatic heterocycles. The zero-order chi connectivity index (χ0) is 24.1. The molecule has 0 spiro atoms. The van der Waals surface area contributed by atoms with E-state index < -0.39 is 10.0 Å². The van der Waals surface area contributed by atoms with Crippen LogP contribution in [0.1, 0.15) is 43.2 Å². The van der Waals surface area contributed by atoms with E-state index in [1.807, 2.05) is 44.4 Å². The van der Waals surface area contributed by atoms with Gasteiger partial charge in [-0.3, -0.25) is 9.89 Å². The van der Waals surface area contributed by atoms with Crippen LogP contribution in [0, 0.1) is 0 Å². The predicted molar refractivity (Wildman–Crippen MR) is 140 cm³/mol. The number of sulfonamides is 1. The summed E-state index contributed by atoms with van der Waals surface area (Å²) in [5.74, 6) is 0.113. The van der Waals surface area contributed by atoms with E-state index in [1.165, 1.54) is 10.9 Å². The quantitative estimate of drug-likeness (QED) is 0.443. The maximum absolute atomic E-state index is 13.9. The highest BCUT2D eigenvalue weighted by atomic mass is 35.5. The predicted octanol–water partition coefficient (Wildman–Crippen LogP) is 3.46. The van der Waals surface area contributed by atoms with Gasteiger partial charge in [0.2, 0.25) is 10.0 Å². The first-order valence-corrected chi connectivity index (χ1v) is 13.3. The van der Waals surface area contributed by atoms with Crippen molar-refractivity contribution in [3.05, 3.63) is 76.3 Å². The molecule has 1 aliphatic rings. The largest absolute Gasteiger partial charge is 0.309 e. The normalized spacial score (nSPS) is 14.5. The molecule has 0 saturated heterocycles. The van der Waals surface area contributed by atoms with Gasteiger partial charge in [-0.15, -0.1) is 12.4 Å². The Morgan fingerprint density at radius 3 is 2.46 bits per heavy atom. The molecule has 1 saturated carbocycles. The fraction of sp³-hybridized carbons (Fsp3) is 0.440. The zero-order valence-electron chi connectivity index (χ0n) is 20.3. The van der Waals surface area contributed by atoms with E-state index in [1.54, 1.807) is 22.6 Å². The van der Waals surface area contributed by atoms with Crippen molar-refractivity contribution in [3.63, 3.8) is 0 Å². The number of pyridine rings is 1. The number of rotatable bonds is 10. The monoisotopic (exact) mass is 519 g/mol. The molecule has 8 nitrogen and oxygen atoms in total. The molecule has 0 radical (unpaired) electrons. The Morgan fingerprint density at radius 2 is 1.77 bits per heavy atom. The number of halogens is 1. The molecule has 35 heavy (non-hydrogen) atoms. The Morgan fingerprint density at radius 1 is 1.06 bits per heavy atom. The van der Waals surface area contributed by atoms with E-state index in [-0.39, 0.29) is 34.7 Å². The van der Waals surface area contributed by atoms with Crippen molar-refractivity contribution >= 4 is 22.4 Å². The topological polar surface area (TPSA) is 91.3 Å². The summed E-state index contributed by atoms with van der Waals surface area (Å²) in [6.45, 7) is 1.25. The van der Waals surface area contributed by atoms with Gasteiger partial charge >= 0.3 is 0 Å². The van der Waals surface area contributed by atoms with E-state index in [2.05, 4.69) is 15.0 Å². The third kappa shape index (κ3) is 6.22. The van der Waals surface area contributed by atoms with Crippen molar-refractivity contribution in [1.82, 2.24) is 24.0 Å². The fourth-order valence-electron chi connectivity index (χ4n) is 4.62. The summed E-state index contributed by atoms with van der Waals surface area (Å²) in [6, 6.07) is 12.8. The van der Waals surface area contributed by atoms with Crippen molar-refractivity contribution in [2.24, 2.45) is 0 Å². The Kier molecular flexibility index (Phi) is 9.29. The Balaban J connectivity index is 0.00000342. The van der Waals surface area contributed by atoms with Crippen LogP contribution in [0.4, 0.5) is 0 Å². The Hall–Kier alpha value is -2.46. The number of aromatic amines is 1. The molecule has 1 aliphatic carbocycles. The summed E-state index contributed by atoms with van der Waals surface area (Å²) in [5.41, 5.74) is 1.27. The van der Waals surface area contributed by atoms with Crippen LogP contribution in [0.15, 0.2) is 64.5 Å². The summed E-state index contributed by atoms with van der Waals surface area (Å²) in [6.07, 6.45) is 8.13. The van der Waals surface area contributed by atoms with E-state index >= 15 is 0 Å². The van der Waals surface area contributed by atoms with Crippen molar-refractivity contribution in [1.29, 1.82) is 0 Å². The molecular formula is C25H34ClN5O3S. The number of hydrogen-bond acceptors (Lipinski definition) is 5.